The summed E-state index contributed by atoms with van der Waals surface area (Å²) in [7, 11) is -4.20. The molecule has 0 radical (unpaired) electrons. The Bertz CT molecular complexity index is 955. The van der Waals surface area contributed by atoms with Gasteiger partial charge >= 0.3 is 0 Å². The Balaban J connectivity index is 1.90. The highest BCUT2D eigenvalue weighted by atomic mass is 79.9. The van der Waals surface area contributed by atoms with Crippen LogP contribution in [-0.4, -0.2) is 13.0 Å². The number of nitrogens with zero attached hydrogens (tertiary/aromatic N) is 1. The predicted molar refractivity (Wildman–Crippen MR) is 114 cm³/mol. The molecule has 0 saturated heterocycles. The molecule has 0 fully saturated rings. The van der Waals surface area contributed by atoms with Gasteiger partial charge in [0.05, 0.1) is 4.90 Å². The van der Waals surface area contributed by atoms with Gasteiger partial charge in [-0.1, -0.05) is 56.1 Å². The van der Waals surface area contributed by atoms with E-state index in [9.17, 15) is 13.0 Å². The van der Waals surface area contributed by atoms with E-state index in [2.05, 4.69) is 36.8 Å². The lowest BCUT2D eigenvalue weighted by Crippen LogP contribution is -2.22. The fraction of sp³-hybridized carbons (Fsp3) is 0.100. The van der Waals surface area contributed by atoms with Crippen molar-refractivity contribution < 1.29 is 13.0 Å². The Morgan fingerprint density at radius 3 is 1.48 bits per heavy atom. The van der Waals surface area contributed by atoms with Crippen molar-refractivity contribution in [3.05, 3.63) is 92.9 Å². The van der Waals surface area contributed by atoms with E-state index in [1.807, 2.05) is 48.5 Å². The van der Waals surface area contributed by atoms with Crippen molar-refractivity contribution in [1.82, 2.24) is 0 Å². The number of hydrogen-bond acceptors (Lipinski definition) is 3. The first-order valence-electron chi connectivity index (χ1n) is 8.13. The van der Waals surface area contributed by atoms with Crippen molar-refractivity contribution in [3.63, 3.8) is 0 Å². The molecule has 0 aliphatic carbocycles. The lowest BCUT2D eigenvalue weighted by molar-refractivity contribution is 0.483. The van der Waals surface area contributed by atoms with E-state index in [1.165, 1.54) is 12.1 Å². The van der Waals surface area contributed by atoms with Crippen LogP contribution in [0.25, 0.3) is 0 Å². The van der Waals surface area contributed by atoms with E-state index in [-0.39, 0.29) is 4.90 Å². The first-order valence-corrected chi connectivity index (χ1v) is 11.2. The molecular formula is C20H17Br2NO3S. The van der Waals surface area contributed by atoms with E-state index in [4.69, 9.17) is 0 Å². The molecule has 1 N–H and O–H groups in total. The molecule has 27 heavy (non-hydrogen) atoms. The molecule has 0 aliphatic heterocycles. The van der Waals surface area contributed by atoms with Gasteiger partial charge in [0.2, 0.25) is 0 Å². The van der Waals surface area contributed by atoms with Gasteiger partial charge in [-0.25, -0.2) is 0 Å². The van der Waals surface area contributed by atoms with Gasteiger partial charge in [-0.15, -0.1) is 0 Å². The van der Waals surface area contributed by atoms with E-state index in [1.54, 1.807) is 12.1 Å². The molecular weight excluding hydrogens is 494 g/mol. The van der Waals surface area contributed by atoms with Crippen LogP contribution in [0.15, 0.2) is 86.6 Å². The monoisotopic (exact) mass is 509 g/mol. The first-order chi connectivity index (χ1) is 12.8. The quantitative estimate of drug-likeness (QED) is 0.434. The van der Waals surface area contributed by atoms with Crippen LogP contribution in [0.1, 0.15) is 11.1 Å². The average molecular weight is 511 g/mol. The normalized spacial score (nSPS) is 11.4. The first kappa shape index (κ1) is 20.1. The molecule has 3 aromatic carbocycles. The van der Waals surface area contributed by atoms with Gasteiger partial charge in [0.15, 0.2) is 0 Å². The Kier molecular flexibility index (Phi) is 6.37. The molecule has 0 heterocycles. The molecule has 0 spiro atoms. The molecule has 0 unspecified atom stereocenters. The molecule has 0 amide bonds. The van der Waals surface area contributed by atoms with Gasteiger partial charge in [-0.05, 0) is 59.7 Å². The van der Waals surface area contributed by atoms with E-state index >= 15 is 0 Å². The van der Waals surface area contributed by atoms with Crippen molar-refractivity contribution in [3.8, 4) is 0 Å². The number of hydrogen-bond donors (Lipinski definition) is 1. The van der Waals surface area contributed by atoms with E-state index in [0.717, 1.165) is 25.8 Å². The molecule has 0 bridgehead atoms. The topological polar surface area (TPSA) is 57.6 Å². The molecule has 3 rings (SSSR count). The summed E-state index contributed by atoms with van der Waals surface area (Å²) in [5.74, 6) is 0. The van der Waals surface area contributed by atoms with Crippen LogP contribution in [0.4, 0.5) is 5.69 Å². The maximum Gasteiger partial charge on any atom is 0.294 e. The van der Waals surface area contributed by atoms with Gasteiger partial charge in [0, 0.05) is 27.7 Å². The van der Waals surface area contributed by atoms with Crippen LogP contribution in [-0.2, 0) is 23.2 Å². The number of benzene rings is 3. The highest BCUT2D eigenvalue weighted by Crippen LogP contribution is 2.23. The van der Waals surface area contributed by atoms with Gasteiger partial charge < -0.3 is 4.90 Å². The number of halogens is 2. The number of rotatable bonds is 6. The molecule has 140 valence electrons. The van der Waals surface area contributed by atoms with Crippen LogP contribution in [0, 0.1) is 0 Å². The second-order valence-electron chi connectivity index (χ2n) is 6.08. The van der Waals surface area contributed by atoms with Crippen LogP contribution in [0.2, 0.25) is 0 Å². The maximum atomic E-state index is 11.3. The maximum absolute atomic E-state index is 11.3. The zero-order valence-electron chi connectivity index (χ0n) is 14.2. The summed E-state index contributed by atoms with van der Waals surface area (Å²) in [6.07, 6.45) is 0. The third-order valence-electron chi connectivity index (χ3n) is 4.07. The van der Waals surface area contributed by atoms with Crippen LogP contribution in [0.3, 0.4) is 0 Å². The summed E-state index contributed by atoms with van der Waals surface area (Å²) in [6, 6.07) is 22.4. The molecule has 7 heteroatoms. The summed E-state index contributed by atoms with van der Waals surface area (Å²) >= 11 is 6.89. The zero-order chi connectivity index (χ0) is 19.4. The summed E-state index contributed by atoms with van der Waals surface area (Å²) in [5.41, 5.74) is 3.14. The van der Waals surface area contributed by atoms with E-state index < -0.39 is 10.1 Å². The molecule has 0 aromatic heterocycles. The van der Waals surface area contributed by atoms with Crippen LogP contribution >= 0.6 is 31.9 Å². The van der Waals surface area contributed by atoms with Gasteiger partial charge in [-0.2, -0.15) is 8.42 Å². The van der Waals surface area contributed by atoms with Crippen molar-refractivity contribution >= 4 is 47.7 Å². The zero-order valence-corrected chi connectivity index (χ0v) is 18.2. The highest BCUT2D eigenvalue weighted by molar-refractivity contribution is 9.10. The summed E-state index contributed by atoms with van der Waals surface area (Å²) in [6.45, 7) is 1.32. The lowest BCUT2D eigenvalue weighted by Gasteiger charge is -2.25. The van der Waals surface area contributed by atoms with E-state index in [0.29, 0.717) is 13.1 Å². The Hall–Kier alpha value is -1.67. The van der Waals surface area contributed by atoms with Crippen molar-refractivity contribution in [1.29, 1.82) is 0 Å². The van der Waals surface area contributed by atoms with Crippen molar-refractivity contribution in [2.45, 2.75) is 18.0 Å². The highest BCUT2D eigenvalue weighted by Gasteiger charge is 2.13. The largest absolute Gasteiger partial charge is 0.363 e. The Labute approximate surface area is 175 Å². The molecule has 0 aliphatic rings. The van der Waals surface area contributed by atoms with Crippen molar-refractivity contribution in [2.75, 3.05) is 4.90 Å². The van der Waals surface area contributed by atoms with Gasteiger partial charge in [-0.3, -0.25) is 4.55 Å². The Morgan fingerprint density at radius 1 is 0.704 bits per heavy atom. The lowest BCUT2D eigenvalue weighted by atomic mass is 10.1. The second-order valence-corrected chi connectivity index (χ2v) is 9.33. The van der Waals surface area contributed by atoms with Crippen LogP contribution < -0.4 is 4.90 Å². The summed E-state index contributed by atoms with van der Waals surface area (Å²) < 4.78 is 33.8. The smallest absolute Gasteiger partial charge is 0.294 e. The average Bonchev–Trinajstić information content (AvgIpc) is 2.64. The third kappa shape index (κ3) is 5.65. The molecule has 4 nitrogen and oxygen atoms in total. The summed E-state index contributed by atoms with van der Waals surface area (Å²) in [5, 5.41) is 0. The van der Waals surface area contributed by atoms with Gasteiger partial charge in [0.1, 0.15) is 0 Å². The molecule has 0 atom stereocenters. The molecule has 0 saturated carbocycles. The van der Waals surface area contributed by atoms with Gasteiger partial charge in [0.25, 0.3) is 10.1 Å². The minimum atomic E-state index is -4.20. The number of anilines is 1. The third-order valence-corrected chi connectivity index (χ3v) is 6.00. The fourth-order valence-corrected chi connectivity index (χ4v) is 3.70. The minimum Gasteiger partial charge on any atom is -0.363 e. The minimum absolute atomic E-state index is 0.113. The second kappa shape index (κ2) is 8.56. The van der Waals surface area contributed by atoms with Crippen molar-refractivity contribution in [2.24, 2.45) is 0 Å². The fourth-order valence-electron chi connectivity index (χ4n) is 2.69. The standard InChI is InChI=1S/C20H17Br2NO3S/c21-17-5-1-15(2-6-17)13-23(14-16-3-7-18(22)8-4-16)19-9-11-20(12-10-19)27(24,25)26/h1-12H,13-14H2,(H,24,25,26). The predicted octanol–water partition coefficient (Wildman–Crippen LogP) is 5.67. The van der Waals surface area contributed by atoms with Crippen LogP contribution in [0.5, 0.6) is 0 Å². The summed E-state index contributed by atoms with van der Waals surface area (Å²) in [4.78, 5) is 2.04. The molecule has 3 aromatic rings. The Morgan fingerprint density at radius 2 is 1.11 bits per heavy atom. The SMILES string of the molecule is O=S(=O)(O)c1ccc(N(Cc2ccc(Br)cc2)Cc2ccc(Br)cc2)cc1.